The summed E-state index contributed by atoms with van der Waals surface area (Å²) in [6, 6.07) is 2.78. The Hall–Kier alpha value is -2.70. The smallest absolute Gasteiger partial charge is 0.306 e. The Bertz CT molecular complexity index is 1080. The molecule has 1 aliphatic heterocycles. The average Bonchev–Trinajstić information content (AvgIpc) is 2.87. The molecule has 2 fully saturated rings. The molecule has 1 saturated heterocycles. The number of rotatable bonds is 10. The summed E-state index contributed by atoms with van der Waals surface area (Å²) in [5.74, 6) is -2.63. The molecule has 1 unspecified atom stereocenters. The third-order valence-electron chi connectivity index (χ3n) is 7.10. The Morgan fingerprint density at radius 2 is 1.78 bits per heavy atom. The quantitative estimate of drug-likeness (QED) is 0.353. The minimum atomic E-state index is -4.11. The summed E-state index contributed by atoms with van der Waals surface area (Å²) < 4.78 is 34.6. The standard InChI is InChI=1S/C24H35N3O8S/c1-35-17-7-8-18(20(15-5-3-2-4-6-15)21(17)22(29)23(25)30)36(33,34)26-12-9-19(28)27-13-10-16(11-14-27)24(31)32/h7-8,15-16,22,26,29H,2-6,9-14H2,1H3,(H2,25,30)(H,31,32). The Labute approximate surface area is 211 Å². The van der Waals surface area contributed by atoms with Gasteiger partial charge in [0.1, 0.15) is 5.75 Å². The number of hydrogen-bond acceptors (Lipinski definition) is 7. The van der Waals surface area contributed by atoms with Gasteiger partial charge in [0, 0.05) is 31.6 Å². The summed E-state index contributed by atoms with van der Waals surface area (Å²) >= 11 is 0. The SMILES string of the molecule is COc1ccc(S(=O)(=O)NCCC(=O)N2CCC(C(=O)O)CC2)c(C2CCCCC2)c1C(O)C(N)=O. The number of hydrogen-bond donors (Lipinski definition) is 4. The maximum absolute atomic E-state index is 13.4. The van der Waals surface area contributed by atoms with Gasteiger partial charge in [0.25, 0.3) is 5.91 Å². The fourth-order valence-corrected chi connectivity index (χ4v) is 6.49. The molecule has 2 aliphatic rings. The maximum Gasteiger partial charge on any atom is 0.306 e. The highest BCUT2D eigenvalue weighted by molar-refractivity contribution is 7.89. The number of aliphatic hydroxyl groups is 1. The molecule has 1 aromatic rings. The van der Waals surface area contributed by atoms with Crippen LogP contribution in [0.5, 0.6) is 5.75 Å². The van der Waals surface area contributed by atoms with Crippen LogP contribution in [0.3, 0.4) is 0 Å². The van der Waals surface area contributed by atoms with E-state index in [2.05, 4.69) is 4.72 Å². The van der Waals surface area contributed by atoms with Crippen molar-refractivity contribution in [3.63, 3.8) is 0 Å². The number of benzene rings is 1. The third-order valence-corrected chi connectivity index (χ3v) is 8.62. The number of amides is 2. The van der Waals surface area contributed by atoms with Gasteiger partial charge in [-0.2, -0.15) is 0 Å². The third kappa shape index (κ3) is 6.34. The van der Waals surface area contributed by atoms with Crippen molar-refractivity contribution in [1.82, 2.24) is 9.62 Å². The van der Waals surface area contributed by atoms with Crippen molar-refractivity contribution in [2.24, 2.45) is 11.7 Å². The first-order valence-corrected chi connectivity index (χ1v) is 13.7. The molecule has 11 nitrogen and oxygen atoms in total. The van der Waals surface area contributed by atoms with Crippen LogP contribution in [0, 0.1) is 5.92 Å². The van der Waals surface area contributed by atoms with E-state index in [9.17, 15) is 27.9 Å². The van der Waals surface area contributed by atoms with Crippen LogP contribution in [0.1, 0.15) is 74.5 Å². The minimum Gasteiger partial charge on any atom is -0.496 e. The first-order chi connectivity index (χ1) is 17.1. The molecule has 5 N–H and O–H groups in total. The number of ether oxygens (including phenoxy) is 1. The zero-order valence-electron chi connectivity index (χ0n) is 20.4. The van der Waals surface area contributed by atoms with Crippen LogP contribution in [0.4, 0.5) is 0 Å². The fraction of sp³-hybridized carbons (Fsp3) is 0.625. The molecule has 3 rings (SSSR count). The van der Waals surface area contributed by atoms with Crippen molar-refractivity contribution in [3.8, 4) is 5.75 Å². The fourth-order valence-electron chi connectivity index (χ4n) is 5.15. The molecule has 2 amide bonds. The van der Waals surface area contributed by atoms with E-state index in [0.717, 1.165) is 19.3 Å². The highest BCUT2D eigenvalue weighted by atomic mass is 32.2. The normalized spacial score (nSPS) is 18.6. The molecule has 1 saturated carbocycles. The molecule has 200 valence electrons. The number of carboxylic acids is 1. The molecule has 36 heavy (non-hydrogen) atoms. The predicted octanol–water partition coefficient (Wildman–Crippen LogP) is 1.25. The first kappa shape index (κ1) is 27.9. The highest BCUT2D eigenvalue weighted by Crippen LogP contribution is 2.43. The van der Waals surface area contributed by atoms with Crippen molar-refractivity contribution < 1.29 is 37.8 Å². The lowest BCUT2D eigenvalue weighted by Crippen LogP contribution is -2.41. The van der Waals surface area contributed by atoms with Crippen molar-refractivity contribution in [2.45, 2.75) is 68.3 Å². The summed E-state index contributed by atoms with van der Waals surface area (Å²) in [6.07, 6.45) is 3.09. The van der Waals surface area contributed by atoms with Gasteiger partial charge in [-0.3, -0.25) is 14.4 Å². The lowest BCUT2D eigenvalue weighted by molar-refractivity contribution is -0.145. The van der Waals surface area contributed by atoms with E-state index in [1.165, 1.54) is 19.2 Å². The predicted molar refractivity (Wildman–Crippen MR) is 130 cm³/mol. The van der Waals surface area contributed by atoms with E-state index in [1.54, 1.807) is 4.90 Å². The number of primary amides is 1. The van der Waals surface area contributed by atoms with E-state index in [0.29, 0.717) is 44.3 Å². The second-order valence-corrected chi connectivity index (χ2v) is 11.1. The Morgan fingerprint density at radius 3 is 2.33 bits per heavy atom. The molecule has 1 aromatic carbocycles. The number of sulfonamides is 1. The Kier molecular flexibility index (Phi) is 9.31. The van der Waals surface area contributed by atoms with E-state index < -0.39 is 33.9 Å². The summed E-state index contributed by atoms with van der Waals surface area (Å²) in [5, 5.41) is 19.7. The first-order valence-electron chi connectivity index (χ1n) is 12.2. The van der Waals surface area contributed by atoms with Gasteiger partial charge in [-0.05, 0) is 49.3 Å². The van der Waals surface area contributed by atoms with Crippen molar-refractivity contribution in [2.75, 3.05) is 26.7 Å². The van der Waals surface area contributed by atoms with Crippen LogP contribution in [-0.2, 0) is 24.4 Å². The summed E-state index contributed by atoms with van der Waals surface area (Å²) in [7, 11) is -2.74. The number of carboxylic acid groups (broad SMARTS) is 1. The number of carbonyl (C=O) groups is 3. The zero-order chi connectivity index (χ0) is 26.5. The molecule has 0 radical (unpaired) electrons. The van der Waals surface area contributed by atoms with Crippen molar-refractivity contribution in [3.05, 3.63) is 23.3 Å². The van der Waals surface area contributed by atoms with Crippen LogP contribution < -0.4 is 15.2 Å². The molecular formula is C24H35N3O8S. The van der Waals surface area contributed by atoms with Gasteiger partial charge >= 0.3 is 5.97 Å². The van der Waals surface area contributed by atoms with Gasteiger partial charge in [0.05, 0.1) is 17.9 Å². The summed E-state index contributed by atoms with van der Waals surface area (Å²) in [4.78, 5) is 37.0. The van der Waals surface area contributed by atoms with Crippen molar-refractivity contribution in [1.29, 1.82) is 0 Å². The van der Waals surface area contributed by atoms with E-state index in [1.807, 2.05) is 0 Å². The maximum atomic E-state index is 13.4. The average molecular weight is 526 g/mol. The van der Waals surface area contributed by atoms with Crippen LogP contribution in [0.2, 0.25) is 0 Å². The largest absolute Gasteiger partial charge is 0.496 e. The molecular weight excluding hydrogens is 490 g/mol. The van der Waals surface area contributed by atoms with Crippen LogP contribution in [0.15, 0.2) is 17.0 Å². The topological polar surface area (TPSA) is 176 Å². The number of nitrogens with two attached hydrogens (primary N) is 1. The van der Waals surface area contributed by atoms with Gasteiger partial charge in [0.15, 0.2) is 6.10 Å². The number of aliphatic hydroxyl groups excluding tert-OH is 1. The van der Waals surface area contributed by atoms with Crippen LogP contribution >= 0.6 is 0 Å². The lowest BCUT2D eigenvalue weighted by atomic mass is 9.80. The van der Waals surface area contributed by atoms with Crippen LogP contribution in [0.25, 0.3) is 0 Å². The number of aliphatic carboxylic acids is 1. The van der Waals surface area contributed by atoms with Gasteiger partial charge in [-0.1, -0.05) is 19.3 Å². The van der Waals surface area contributed by atoms with Gasteiger partial charge < -0.3 is 25.6 Å². The number of nitrogens with one attached hydrogen (secondary N) is 1. The van der Waals surface area contributed by atoms with Gasteiger partial charge in [0.2, 0.25) is 15.9 Å². The molecule has 12 heteroatoms. The van der Waals surface area contributed by atoms with E-state index in [4.69, 9.17) is 15.6 Å². The molecule has 1 heterocycles. The number of nitrogens with zero attached hydrogens (tertiary/aromatic N) is 1. The van der Waals surface area contributed by atoms with Gasteiger partial charge in [-0.25, -0.2) is 13.1 Å². The molecule has 1 aliphatic carbocycles. The molecule has 0 aromatic heterocycles. The number of methoxy groups -OCH3 is 1. The Balaban J connectivity index is 1.81. The molecule has 1 atom stereocenters. The monoisotopic (exact) mass is 525 g/mol. The van der Waals surface area contributed by atoms with E-state index in [-0.39, 0.29) is 41.0 Å². The van der Waals surface area contributed by atoms with Gasteiger partial charge in [-0.15, -0.1) is 0 Å². The van der Waals surface area contributed by atoms with E-state index >= 15 is 0 Å². The minimum absolute atomic E-state index is 0.0668. The lowest BCUT2D eigenvalue weighted by Gasteiger charge is -2.30. The highest BCUT2D eigenvalue weighted by Gasteiger charge is 2.34. The summed E-state index contributed by atoms with van der Waals surface area (Å²) in [5.41, 5.74) is 5.77. The number of likely N-dealkylation sites (tertiary alicyclic amines) is 1. The second kappa shape index (κ2) is 12.0. The molecule has 0 spiro atoms. The Morgan fingerprint density at radius 1 is 1.14 bits per heavy atom. The number of carbonyl (C=O) groups excluding carboxylic acids is 2. The van der Waals surface area contributed by atoms with Crippen molar-refractivity contribution >= 4 is 27.8 Å². The summed E-state index contributed by atoms with van der Waals surface area (Å²) in [6.45, 7) is 0.492. The number of piperidine rings is 1. The second-order valence-electron chi connectivity index (χ2n) is 9.37. The zero-order valence-corrected chi connectivity index (χ0v) is 21.3. The molecule has 0 bridgehead atoms. The van der Waals surface area contributed by atoms with Crippen LogP contribution in [-0.4, -0.2) is 68.1 Å².